The Morgan fingerprint density at radius 1 is 1.32 bits per heavy atom. The van der Waals surface area contributed by atoms with Gasteiger partial charge in [0.05, 0.1) is 6.54 Å². The Kier molecular flexibility index (Phi) is 4.65. The predicted molar refractivity (Wildman–Crippen MR) is 74.5 cm³/mol. The van der Waals surface area contributed by atoms with Crippen molar-refractivity contribution in [2.45, 2.75) is 19.9 Å². The standard InChI is InChI=1S/C14H20N4O/c1-11-5-3-6-12(9-11)14-17-16-13(19-14)10-18(2)8-4-7-15/h3,5-6,9H,4,7-8,10,15H2,1-2H3. The summed E-state index contributed by atoms with van der Waals surface area (Å²) in [5, 5.41) is 8.17. The van der Waals surface area contributed by atoms with Crippen molar-refractivity contribution in [2.75, 3.05) is 20.1 Å². The molecule has 2 N–H and O–H groups in total. The molecule has 102 valence electrons. The highest BCUT2D eigenvalue weighted by atomic mass is 16.4. The van der Waals surface area contributed by atoms with Crippen LogP contribution in [0.2, 0.25) is 0 Å². The van der Waals surface area contributed by atoms with E-state index >= 15 is 0 Å². The van der Waals surface area contributed by atoms with Crippen molar-refractivity contribution >= 4 is 0 Å². The second-order valence-electron chi connectivity index (χ2n) is 4.75. The molecule has 19 heavy (non-hydrogen) atoms. The molecule has 0 saturated heterocycles. The minimum absolute atomic E-state index is 0.575. The lowest BCUT2D eigenvalue weighted by molar-refractivity contribution is 0.288. The summed E-state index contributed by atoms with van der Waals surface area (Å²) in [6, 6.07) is 8.04. The Morgan fingerprint density at radius 3 is 2.89 bits per heavy atom. The van der Waals surface area contributed by atoms with E-state index in [0.29, 0.717) is 24.9 Å². The average molecular weight is 260 g/mol. The molecule has 0 amide bonds. The van der Waals surface area contributed by atoms with Gasteiger partial charge in [-0.25, -0.2) is 0 Å². The molecule has 0 atom stereocenters. The van der Waals surface area contributed by atoms with Gasteiger partial charge in [-0.3, -0.25) is 4.90 Å². The highest BCUT2D eigenvalue weighted by Crippen LogP contribution is 2.19. The van der Waals surface area contributed by atoms with Gasteiger partial charge in [-0.15, -0.1) is 10.2 Å². The van der Waals surface area contributed by atoms with Crippen molar-refractivity contribution in [3.05, 3.63) is 35.7 Å². The summed E-state index contributed by atoms with van der Waals surface area (Å²) in [6.07, 6.45) is 0.968. The summed E-state index contributed by atoms with van der Waals surface area (Å²) in [4.78, 5) is 2.13. The van der Waals surface area contributed by atoms with E-state index in [1.54, 1.807) is 0 Å². The third-order valence-electron chi connectivity index (χ3n) is 2.88. The number of benzene rings is 1. The Hall–Kier alpha value is -1.72. The number of nitrogens with zero attached hydrogens (tertiary/aromatic N) is 3. The van der Waals surface area contributed by atoms with E-state index in [2.05, 4.69) is 15.1 Å². The van der Waals surface area contributed by atoms with E-state index in [-0.39, 0.29) is 0 Å². The van der Waals surface area contributed by atoms with Crippen LogP contribution in [0.3, 0.4) is 0 Å². The Bertz CT molecular complexity index is 524. The van der Waals surface area contributed by atoms with Gasteiger partial charge in [-0.2, -0.15) is 0 Å². The molecule has 0 saturated carbocycles. The zero-order valence-corrected chi connectivity index (χ0v) is 11.5. The molecule has 1 aromatic carbocycles. The molecule has 0 aliphatic carbocycles. The second kappa shape index (κ2) is 6.45. The van der Waals surface area contributed by atoms with Gasteiger partial charge in [0.25, 0.3) is 0 Å². The van der Waals surface area contributed by atoms with Gasteiger partial charge in [-0.1, -0.05) is 17.7 Å². The Morgan fingerprint density at radius 2 is 2.16 bits per heavy atom. The molecule has 0 bridgehead atoms. The lowest BCUT2D eigenvalue weighted by atomic mass is 10.1. The normalized spacial score (nSPS) is 11.2. The number of aromatic nitrogens is 2. The molecule has 0 spiro atoms. The molecule has 1 aromatic heterocycles. The number of nitrogens with two attached hydrogens (primary N) is 1. The Labute approximate surface area is 113 Å². The molecule has 5 nitrogen and oxygen atoms in total. The first-order valence-corrected chi connectivity index (χ1v) is 6.47. The quantitative estimate of drug-likeness (QED) is 0.858. The van der Waals surface area contributed by atoms with E-state index in [9.17, 15) is 0 Å². The van der Waals surface area contributed by atoms with Gasteiger partial charge in [0.2, 0.25) is 11.8 Å². The monoisotopic (exact) mass is 260 g/mol. The van der Waals surface area contributed by atoms with Gasteiger partial charge in [0.15, 0.2) is 0 Å². The van der Waals surface area contributed by atoms with Gasteiger partial charge in [-0.05, 0) is 45.6 Å². The van der Waals surface area contributed by atoms with Crippen LogP contribution in [0.25, 0.3) is 11.5 Å². The second-order valence-corrected chi connectivity index (χ2v) is 4.75. The van der Waals surface area contributed by atoms with Gasteiger partial charge < -0.3 is 10.2 Å². The van der Waals surface area contributed by atoms with Crippen LogP contribution in [0.4, 0.5) is 0 Å². The lowest BCUT2D eigenvalue weighted by Crippen LogP contribution is -2.21. The van der Waals surface area contributed by atoms with Crippen molar-refractivity contribution in [3.63, 3.8) is 0 Å². The molecule has 0 aliphatic heterocycles. The van der Waals surface area contributed by atoms with E-state index < -0.39 is 0 Å². The van der Waals surface area contributed by atoms with Crippen molar-refractivity contribution < 1.29 is 4.42 Å². The van der Waals surface area contributed by atoms with Crippen LogP contribution in [0.1, 0.15) is 17.9 Å². The smallest absolute Gasteiger partial charge is 0.247 e. The molecular formula is C14H20N4O. The fourth-order valence-corrected chi connectivity index (χ4v) is 1.88. The summed E-state index contributed by atoms with van der Waals surface area (Å²) in [6.45, 7) is 4.32. The van der Waals surface area contributed by atoms with Crippen LogP contribution in [-0.4, -0.2) is 35.2 Å². The minimum atomic E-state index is 0.575. The summed E-state index contributed by atoms with van der Waals surface area (Å²) in [5.41, 5.74) is 7.63. The number of rotatable bonds is 6. The fourth-order valence-electron chi connectivity index (χ4n) is 1.88. The van der Waals surface area contributed by atoms with Gasteiger partial charge in [0.1, 0.15) is 0 Å². The zero-order chi connectivity index (χ0) is 13.7. The van der Waals surface area contributed by atoms with Crippen molar-refractivity contribution in [2.24, 2.45) is 5.73 Å². The maximum atomic E-state index is 5.68. The van der Waals surface area contributed by atoms with Crippen LogP contribution >= 0.6 is 0 Å². The van der Waals surface area contributed by atoms with Gasteiger partial charge in [0, 0.05) is 5.56 Å². The molecule has 1 heterocycles. The number of aryl methyl sites for hydroxylation is 1. The summed E-state index contributed by atoms with van der Waals surface area (Å²) >= 11 is 0. The minimum Gasteiger partial charge on any atom is -0.419 e. The molecule has 5 heteroatoms. The first kappa shape index (κ1) is 13.7. The maximum Gasteiger partial charge on any atom is 0.247 e. The summed E-state index contributed by atoms with van der Waals surface area (Å²) in [5.74, 6) is 1.21. The lowest BCUT2D eigenvalue weighted by Gasteiger charge is -2.12. The van der Waals surface area contributed by atoms with E-state index in [1.165, 1.54) is 5.56 Å². The van der Waals surface area contributed by atoms with Crippen LogP contribution in [-0.2, 0) is 6.54 Å². The van der Waals surface area contributed by atoms with E-state index in [4.69, 9.17) is 10.2 Å². The van der Waals surface area contributed by atoms with Gasteiger partial charge >= 0.3 is 0 Å². The van der Waals surface area contributed by atoms with E-state index in [1.807, 2.05) is 38.2 Å². The molecule has 0 fully saturated rings. The molecule has 2 aromatic rings. The molecule has 0 unspecified atom stereocenters. The van der Waals surface area contributed by atoms with Crippen molar-refractivity contribution in [3.8, 4) is 11.5 Å². The number of hydrogen-bond donors (Lipinski definition) is 1. The molecule has 0 radical (unpaired) electrons. The first-order chi connectivity index (χ1) is 9.19. The summed E-state index contributed by atoms with van der Waals surface area (Å²) < 4.78 is 5.68. The molecular weight excluding hydrogens is 240 g/mol. The first-order valence-electron chi connectivity index (χ1n) is 6.47. The van der Waals surface area contributed by atoms with E-state index in [0.717, 1.165) is 18.5 Å². The number of hydrogen-bond acceptors (Lipinski definition) is 5. The SMILES string of the molecule is Cc1cccc(-c2nnc(CN(C)CCCN)o2)c1. The fraction of sp³-hybridized carbons (Fsp3) is 0.429. The Balaban J connectivity index is 2.03. The highest BCUT2D eigenvalue weighted by molar-refractivity contribution is 5.53. The molecule has 2 rings (SSSR count). The van der Waals surface area contributed by atoms with Crippen molar-refractivity contribution in [1.82, 2.24) is 15.1 Å². The van der Waals surface area contributed by atoms with Crippen LogP contribution in [0.5, 0.6) is 0 Å². The third kappa shape index (κ3) is 3.87. The third-order valence-corrected chi connectivity index (χ3v) is 2.88. The molecule has 0 aliphatic rings. The zero-order valence-electron chi connectivity index (χ0n) is 11.5. The predicted octanol–water partition coefficient (Wildman–Crippen LogP) is 1.83. The van der Waals surface area contributed by atoms with Crippen LogP contribution < -0.4 is 5.73 Å². The average Bonchev–Trinajstić information content (AvgIpc) is 2.85. The topological polar surface area (TPSA) is 68.2 Å². The van der Waals surface area contributed by atoms with Crippen LogP contribution in [0, 0.1) is 6.92 Å². The van der Waals surface area contributed by atoms with Crippen LogP contribution in [0.15, 0.2) is 28.7 Å². The highest BCUT2D eigenvalue weighted by Gasteiger charge is 2.10. The largest absolute Gasteiger partial charge is 0.419 e. The van der Waals surface area contributed by atoms with Crippen molar-refractivity contribution in [1.29, 1.82) is 0 Å². The summed E-state index contributed by atoms with van der Waals surface area (Å²) in [7, 11) is 2.02. The maximum absolute atomic E-state index is 5.68.